The number of aromatic carboxylic acids is 1. The van der Waals surface area contributed by atoms with Gasteiger partial charge in [0.25, 0.3) is 5.69 Å². The smallest absolute Gasteiger partial charge is 0.347 e. The zero-order valence-corrected chi connectivity index (χ0v) is 13.5. The number of esters is 1. The van der Waals surface area contributed by atoms with Crippen LogP contribution in [0.4, 0.5) is 22.7 Å². The Morgan fingerprint density at radius 1 is 0.964 bits per heavy atom. The number of nitrogen functional groups attached to an aromatic ring is 2. The van der Waals surface area contributed by atoms with Gasteiger partial charge in [-0.1, -0.05) is 0 Å². The fraction of sp³-hybridized carbons (Fsp3) is 0. The molecule has 14 heteroatoms. The first-order chi connectivity index (χ1) is 13.0. The summed E-state index contributed by atoms with van der Waals surface area (Å²) in [7, 11) is 0. The molecule has 0 radical (unpaired) electrons. The van der Waals surface area contributed by atoms with Crippen molar-refractivity contribution in [2.75, 3.05) is 11.5 Å². The van der Waals surface area contributed by atoms with Crippen molar-refractivity contribution >= 4 is 34.7 Å². The summed E-state index contributed by atoms with van der Waals surface area (Å²) in [6.07, 6.45) is 0. The monoisotopic (exact) mass is 394 g/mol. The molecule has 0 unspecified atom stereocenters. The molecule has 2 aromatic rings. The Morgan fingerprint density at radius 3 is 2.07 bits per heavy atom. The van der Waals surface area contributed by atoms with Crippen molar-refractivity contribution in [1.82, 2.24) is 0 Å². The number of nitro benzene ring substituents is 2. The van der Waals surface area contributed by atoms with Gasteiger partial charge in [0, 0.05) is 18.2 Å². The number of phenolic OH excluding ortho intramolecular Hbond substituents is 1. The summed E-state index contributed by atoms with van der Waals surface area (Å²) in [5.74, 6) is -6.31. The van der Waals surface area contributed by atoms with Gasteiger partial charge in [-0.15, -0.1) is 0 Å². The van der Waals surface area contributed by atoms with Crippen molar-refractivity contribution in [2.24, 2.45) is 0 Å². The minimum atomic E-state index is -1.74. The number of carbonyl (C=O) groups is 2. The molecule has 0 aliphatic heterocycles. The van der Waals surface area contributed by atoms with E-state index >= 15 is 0 Å². The molecule has 0 aromatic heterocycles. The Morgan fingerprint density at radius 2 is 1.57 bits per heavy atom. The topological polar surface area (TPSA) is 242 Å². The van der Waals surface area contributed by atoms with Gasteiger partial charge in [-0.3, -0.25) is 20.2 Å². The third kappa shape index (κ3) is 3.36. The highest BCUT2D eigenvalue weighted by Crippen LogP contribution is 2.43. The predicted molar refractivity (Wildman–Crippen MR) is 90.3 cm³/mol. The first kappa shape index (κ1) is 19.7. The average molecular weight is 394 g/mol. The summed E-state index contributed by atoms with van der Waals surface area (Å²) in [4.78, 5) is 43.3. The van der Waals surface area contributed by atoms with Gasteiger partial charge in [-0.2, -0.15) is 0 Å². The van der Waals surface area contributed by atoms with E-state index in [0.717, 1.165) is 6.07 Å². The zero-order valence-electron chi connectivity index (χ0n) is 13.5. The Kier molecular flexibility index (Phi) is 4.89. The lowest BCUT2D eigenvalue weighted by Crippen LogP contribution is -2.13. The van der Waals surface area contributed by atoms with E-state index < -0.39 is 72.9 Å². The number of benzene rings is 2. The van der Waals surface area contributed by atoms with E-state index in [1.165, 1.54) is 0 Å². The van der Waals surface area contributed by atoms with E-state index in [0.29, 0.717) is 12.1 Å². The number of anilines is 2. The van der Waals surface area contributed by atoms with E-state index in [1.807, 2.05) is 0 Å². The second-order valence-corrected chi connectivity index (χ2v) is 5.17. The minimum absolute atomic E-state index is 0.401. The van der Waals surface area contributed by atoms with Crippen LogP contribution in [0.25, 0.3) is 0 Å². The van der Waals surface area contributed by atoms with E-state index in [-0.39, 0.29) is 0 Å². The summed E-state index contributed by atoms with van der Waals surface area (Å²) in [6.45, 7) is 0. The second kappa shape index (κ2) is 6.94. The van der Waals surface area contributed by atoms with Crippen LogP contribution in [0.15, 0.2) is 18.2 Å². The van der Waals surface area contributed by atoms with E-state index in [2.05, 4.69) is 0 Å². The number of carbonyl (C=O) groups excluding carboxylic acids is 1. The van der Waals surface area contributed by atoms with Crippen LogP contribution < -0.4 is 16.2 Å². The molecule has 0 aliphatic rings. The number of carboxylic acids is 1. The maximum Gasteiger partial charge on any atom is 0.347 e. The van der Waals surface area contributed by atoms with Crippen molar-refractivity contribution < 1.29 is 39.5 Å². The number of phenols is 2. The molecule has 7 N–H and O–H groups in total. The summed E-state index contributed by atoms with van der Waals surface area (Å²) < 4.78 is 4.71. The van der Waals surface area contributed by atoms with Gasteiger partial charge in [-0.05, 0) is 0 Å². The number of aromatic hydroxyl groups is 2. The van der Waals surface area contributed by atoms with E-state index in [1.54, 1.807) is 0 Å². The van der Waals surface area contributed by atoms with Crippen molar-refractivity contribution in [3.05, 3.63) is 49.6 Å². The van der Waals surface area contributed by atoms with Gasteiger partial charge in [0.1, 0.15) is 16.8 Å². The first-order valence-electron chi connectivity index (χ1n) is 6.97. The number of nitrogens with two attached hydrogens (primary N) is 2. The lowest BCUT2D eigenvalue weighted by Gasteiger charge is -2.12. The third-order valence-corrected chi connectivity index (χ3v) is 3.45. The fourth-order valence-corrected chi connectivity index (χ4v) is 2.12. The summed E-state index contributed by atoms with van der Waals surface area (Å²) in [5.41, 5.74) is 5.81. The molecule has 0 saturated heterocycles. The molecule has 14 nitrogen and oxygen atoms in total. The fourth-order valence-electron chi connectivity index (χ4n) is 2.12. The zero-order chi connectivity index (χ0) is 21.3. The molecular weight excluding hydrogens is 384 g/mol. The Bertz CT molecular complexity index is 1050. The molecule has 0 heterocycles. The molecule has 0 fully saturated rings. The predicted octanol–water partition coefficient (Wildman–Crippen LogP) is 0.996. The summed E-state index contributed by atoms with van der Waals surface area (Å²) in [6, 6.07) is 1.76. The van der Waals surface area contributed by atoms with Crippen LogP contribution in [0, 0.1) is 20.2 Å². The van der Waals surface area contributed by atoms with Gasteiger partial charge in [0.2, 0.25) is 5.75 Å². The quantitative estimate of drug-likeness (QED) is 0.119. The van der Waals surface area contributed by atoms with Gasteiger partial charge in [0.15, 0.2) is 11.5 Å². The molecular formula is C14H10N4O10. The number of hydrogen-bond acceptors (Lipinski definition) is 11. The maximum atomic E-state index is 12.3. The molecule has 2 rings (SSSR count). The molecule has 0 amide bonds. The minimum Gasteiger partial charge on any atom is -0.505 e. The third-order valence-electron chi connectivity index (χ3n) is 3.45. The van der Waals surface area contributed by atoms with Gasteiger partial charge < -0.3 is 31.5 Å². The highest BCUT2D eigenvalue weighted by Gasteiger charge is 2.30. The van der Waals surface area contributed by atoms with Crippen molar-refractivity contribution in [2.45, 2.75) is 0 Å². The number of carboxylic acid groups (broad SMARTS) is 1. The lowest BCUT2D eigenvalue weighted by molar-refractivity contribution is -0.385. The second-order valence-electron chi connectivity index (χ2n) is 5.17. The average Bonchev–Trinajstić information content (AvgIpc) is 2.60. The molecule has 0 saturated carbocycles. The Balaban J connectivity index is 2.62. The number of nitro groups is 2. The summed E-state index contributed by atoms with van der Waals surface area (Å²) in [5, 5.41) is 50.6. The SMILES string of the molecule is Nc1cc([N+](=O)[O-])cc(C(=O)Oc2c([N+](=O)[O-])cc(C(=O)O)c(O)c2N)c1O. The largest absolute Gasteiger partial charge is 0.505 e. The molecule has 0 atom stereocenters. The molecule has 0 bridgehead atoms. The van der Waals surface area contributed by atoms with E-state index in [9.17, 15) is 40.0 Å². The first-order valence-corrected chi connectivity index (χ1v) is 6.97. The highest BCUT2D eigenvalue weighted by molar-refractivity contribution is 6.00. The Labute approximate surface area is 153 Å². The number of rotatable bonds is 5. The molecule has 0 aliphatic carbocycles. The number of ether oxygens (including phenoxy) is 1. The number of nitrogens with zero attached hydrogens (tertiary/aromatic N) is 2. The summed E-state index contributed by atoms with van der Waals surface area (Å²) >= 11 is 0. The van der Waals surface area contributed by atoms with Gasteiger partial charge in [-0.25, -0.2) is 9.59 Å². The highest BCUT2D eigenvalue weighted by atomic mass is 16.6. The van der Waals surface area contributed by atoms with Crippen LogP contribution in [-0.2, 0) is 0 Å². The molecule has 28 heavy (non-hydrogen) atoms. The van der Waals surface area contributed by atoms with Crippen LogP contribution in [0.2, 0.25) is 0 Å². The normalized spacial score (nSPS) is 10.3. The number of hydrogen-bond donors (Lipinski definition) is 5. The van der Waals surface area contributed by atoms with Gasteiger partial charge in [0.05, 0.1) is 15.5 Å². The van der Waals surface area contributed by atoms with Crippen LogP contribution in [-0.4, -0.2) is 37.1 Å². The Hall–Kier alpha value is -4.62. The molecule has 146 valence electrons. The molecule has 0 spiro atoms. The van der Waals surface area contributed by atoms with Crippen molar-refractivity contribution in [1.29, 1.82) is 0 Å². The van der Waals surface area contributed by atoms with Crippen LogP contribution in [0.1, 0.15) is 20.7 Å². The lowest BCUT2D eigenvalue weighted by atomic mass is 10.1. The van der Waals surface area contributed by atoms with Gasteiger partial charge >= 0.3 is 17.6 Å². The standard InChI is InChI=1S/C14H10N4O10/c15-7-2-4(17(24)25)1-6(10(7)19)14(23)28-12-8(18(26)27)3-5(13(21)22)11(20)9(12)16/h1-3,19-20H,15-16H2,(H,21,22). The van der Waals surface area contributed by atoms with Crippen molar-refractivity contribution in [3.63, 3.8) is 0 Å². The van der Waals surface area contributed by atoms with Crippen LogP contribution in [0.5, 0.6) is 17.2 Å². The number of non-ortho nitro benzene ring substituents is 1. The van der Waals surface area contributed by atoms with Crippen LogP contribution in [0.3, 0.4) is 0 Å². The van der Waals surface area contributed by atoms with Crippen LogP contribution >= 0.6 is 0 Å². The maximum absolute atomic E-state index is 12.3. The van der Waals surface area contributed by atoms with E-state index in [4.69, 9.17) is 21.3 Å². The molecule has 2 aromatic carbocycles. The van der Waals surface area contributed by atoms with Crippen molar-refractivity contribution in [3.8, 4) is 17.2 Å².